The molecule has 0 aliphatic rings. The van der Waals surface area contributed by atoms with E-state index in [1.165, 1.54) is 0 Å². The molecular weight excluding hydrogens is 328 g/mol. The summed E-state index contributed by atoms with van der Waals surface area (Å²) in [6.45, 7) is 3.25. The lowest BCUT2D eigenvalue weighted by molar-refractivity contribution is 0.0450. The average Bonchev–Trinajstić information content (AvgIpc) is 2.61. The van der Waals surface area contributed by atoms with E-state index in [0.29, 0.717) is 22.9 Å². The Morgan fingerprint density at radius 2 is 1.46 bits per heavy atom. The zero-order valence-corrected chi connectivity index (χ0v) is 14.4. The van der Waals surface area contributed by atoms with Crippen LogP contribution in [0.15, 0.2) is 48.5 Å². The van der Waals surface area contributed by atoms with Gasteiger partial charge >= 0.3 is 5.97 Å². The minimum Gasteiger partial charge on any atom is -0.494 e. The predicted molar refractivity (Wildman–Crippen MR) is 94.1 cm³/mol. The number of hydrogen-bond acceptors (Lipinski definition) is 4. The molecule has 2 aromatic rings. The molecular formula is C19H21ClO4. The van der Waals surface area contributed by atoms with Crippen LogP contribution in [0, 0.1) is 0 Å². The summed E-state index contributed by atoms with van der Waals surface area (Å²) in [6, 6.07) is 14.0. The summed E-state index contributed by atoms with van der Waals surface area (Å²) in [5.74, 6) is 1.06. The quantitative estimate of drug-likeness (QED) is 0.484. The maximum absolute atomic E-state index is 11.9. The Bertz CT molecular complexity index is 623. The molecule has 0 aromatic heterocycles. The largest absolute Gasteiger partial charge is 0.494 e. The van der Waals surface area contributed by atoms with Crippen molar-refractivity contribution < 1.29 is 19.0 Å². The molecule has 0 aliphatic carbocycles. The van der Waals surface area contributed by atoms with Crippen molar-refractivity contribution in [1.29, 1.82) is 0 Å². The van der Waals surface area contributed by atoms with Gasteiger partial charge in [-0.05, 0) is 55.0 Å². The molecule has 128 valence electrons. The van der Waals surface area contributed by atoms with Gasteiger partial charge in [-0.1, -0.05) is 24.9 Å². The van der Waals surface area contributed by atoms with Gasteiger partial charge in [0, 0.05) is 5.02 Å². The lowest BCUT2D eigenvalue weighted by atomic mass is 10.2. The second-order valence-electron chi connectivity index (χ2n) is 5.16. The molecule has 24 heavy (non-hydrogen) atoms. The highest BCUT2D eigenvalue weighted by molar-refractivity contribution is 6.30. The SMILES string of the molecule is CCCCOc1ccc(C(=O)OCCOc2ccc(Cl)cc2)cc1. The normalized spacial score (nSPS) is 10.2. The molecule has 0 saturated carbocycles. The Morgan fingerprint density at radius 3 is 2.08 bits per heavy atom. The monoisotopic (exact) mass is 348 g/mol. The molecule has 0 spiro atoms. The van der Waals surface area contributed by atoms with Crippen molar-refractivity contribution in [3.63, 3.8) is 0 Å². The topological polar surface area (TPSA) is 44.8 Å². The molecule has 0 heterocycles. The van der Waals surface area contributed by atoms with Gasteiger partial charge in [0.1, 0.15) is 24.7 Å². The van der Waals surface area contributed by atoms with Crippen LogP contribution in [-0.2, 0) is 4.74 Å². The highest BCUT2D eigenvalue weighted by Gasteiger charge is 2.07. The molecule has 0 bridgehead atoms. The standard InChI is InChI=1S/C19H21ClO4/c1-2-3-12-22-17-8-4-15(5-9-17)19(21)24-14-13-23-18-10-6-16(20)7-11-18/h4-11H,2-3,12-14H2,1H3. The van der Waals surface area contributed by atoms with Crippen LogP contribution in [0.1, 0.15) is 30.1 Å². The number of esters is 1. The first kappa shape index (κ1) is 18.1. The molecule has 0 saturated heterocycles. The highest BCUT2D eigenvalue weighted by atomic mass is 35.5. The molecule has 0 atom stereocenters. The van der Waals surface area contributed by atoms with Gasteiger partial charge in [-0.15, -0.1) is 0 Å². The number of rotatable bonds is 9. The fraction of sp³-hybridized carbons (Fsp3) is 0.316. The van der Waals surface area contributed by atoms with E-state index in [1.807, 2.05) is 0 Å². The lowest BCUT2D eigenvalue weighted by Crippen LogP contribution is -2.12. The third-order valence-electron chi connectivity index (χ3n) is 3.26. The Balaban J connectivity index is 1.71. The van der Waals surface area contributed by atoms with E-state index in [2.05, 4.69) is 6.92 Å². The van der Waals surface area contributed by atoms with Gasteiger partial charge in [-0.25, -0.2) is 4.79 Å². The van der Waals surface area contributed by atoms with Gasteiger partial charge in [-0.3, -0.25) is 0 Å². The van der Waals surface area contributed by atoms with Crippen LogP contribution in [0.4, 0.5) is 0 Å². The minimum atomic E-state index is -0.380. The molecule has 2 rings (SSSR count). The van der Waals surface area contributed by atoms with E-state index < -0.39 is 0 Å². The third-order valence-corrected chi connectivity index (χ3v) is 3.51. The second kappa shape index (κ2) is 9.83. The number of hydrogen-bond donors (Lipinski definition) is 0. The zero-order valence-electron chi connectivity index (χ0n) is 13.7. The van der Waals surface area contributed by atoms with Crippen LogP contribution in [0.2, 0.25) is 5.02 Å². The summed E-state index contributed by atoms with van der Waals surface area (Å²) in [6.07, 6.45) is 2.10. The van der Waals surface area contributed by atoms with Crippen LogP contribution in [0.5, 0.6) is 11.5 Å². The number of benzene rings is 2. The first-order valence-electron chi connectivity index (χ1n) is 7.97. The first-order chi connectivity index (χ1) is 11.7. The molecule has 0 amide bonds. The summed E-state index contributed by atoms with van der Waals surface area (Å²) in [5.41, 5.74) is 0.490. The fourth-order valence-electron chi connectivity index (χ4n) is 1.93. The molecule has 4 nitrogen and oxygen atoms in total. The molecule has 0 fully saturated rings. The van der Waals surface area contributed by atoms with Crippen molar-refractivity contribution in [2.45, 2.75) is 19.8 Å². The van der Waals surface area contributed by atoms with Crippen molar-refractivity contribution in [2.24, 2.45) is 0 Å². The Labute approximate surface area is 147 Å². The summed E-state index contributed by atoms with van der Waals surface area (Å²) < 4.78 is 16.2. The van der Waals surface area contributed by atoms with Crippen LogP contribution < -0.4 is 9.47 Å². The van der Waals surface area contributed by atoms with E-state index >= 15 is 0 Å². The average molecular weight is 349 g/mol. The van der Waals surface area contributed by atoms with Crippen molar-refractivity contribution in [1.82, 2.24) is 0 Å². The predicted octanol–water partition coefficient (Wildman–Crippen LogP) is 4.75. The number of carbonyl (C=O) groups is 1. The molecule has 0 unspecified atom stereocenters. The van der Waals surface area contributed by atoms with Crippen LogP contribution >= 0.6 is 11.6 Å². The van der Waals surface area contributed by atoms with E-state index in [0.717, 1.165) is 18.6 Å². The molecule has 0 radical (unpaired) electrons. The zero-order chi connectivity index (χ0) is 17.2. The fourth-order valence-corrected chi connectivity index (χ4v) is 2.06. The van der Waals surface area contributed by atoms with Crippen molar-refractivity contribution in [3.8, 4) is 11.5 Å². The van der Waals surface area contributed by atoms with Crippen molar-refractivity contribution in [3.05, 3.63) is 59.1 Å². The van der Waals surface area contributed by atoms with E-state index in [1.54, 1.807) is 48.5 Å². The summed E-state index contributed by atoms with van der Waals surface area (Å²) in [7, 11) is 0. The Kier molecular flexibility index (Phi) is 7.43. The van der Waals surface area contributed by atoms with Gasteiger partial charge < -0.3 is 14.2 Å². The van der Waals surface area contributed by atoms with Gasteiger partial charge in [0.2, 0.25) is 0 Å². The number of halogens is 1. The van der Waals surface area contributed by atoms with E-state index in [9.17, 15) is 4.79 Å². The van der Waals surface area contributed by atoms with E-state index in [-0.39, 0.29) is 19.2 Å². The van der Waals surface area contributed by atoms with Crippen LogP contribution in [0.3, 0.4) is 0 Å². The highest BCUT2D eigenvalue weighted by Crippen LogP contribution is 2.16. The Morgan fingerprint density at radius 1 is 0.875 bits per heavy atom. The third kappa shape index (κ3) is 6.13. The summed E-state index contributed by atoms with van der Waals surface area (Å²) >= 11 is 5.80. The molecule has 0 N–H and O–H groups in total. The minimum absolute atomic E-state index is 0.177. The first-order valence-corrected chi connectivity index (χ1v) is 8.35. The molecule has 5 heteroatoms. The Hall–Kier alpha value is -2.20. The molecule has 2 aromatic carbocycles. The van der Waals surface area contributed by atoms with Crippen LogP contribution in [-0.4, -0.2) is 25.8 Å². The van der Waals surface area contributed by atoms with Gasteiger partial charge in [0.25, 0.3) is 0 Å². The van der Waals surface area contributed by atoms with Crippen LogP contribution in [0.25, 0.3) is 0 Å². The maximum atomic E-state index is 11.9. The van der Waals surface area contributed by atoms with E-state index in [4.69, 9.17) is 25.8 Å². The van der Waals surface area contributed by atoms with Gasteiger partial charge in [0.05, 0.1) is 12.2 Å². The van der Waals surface area contributed by atoms with Crippen molar-refractivity contribution >= 4 is 17.6 Å². The smallest absolute Gasteiger partial charge is 0.338 e. The number of carbonyl (C=O) groups excluding carboxylic acids is 1. The summed E-state index contributed by atoms with van der Waals surface area (Å²) in [4.78, 5) is 11.9. The van der Waals surface area contributed by atoms with Gasteiger partial charge in [-0.2, -0.15) is 0 Å². The second-order valence-corrected chi connectivity index (χ2v) is 5.60. The van der Waals surface area contributed by atoms with Gasteiger partial charge in [0.15, 0.2) is 0 Å². The summed E-state index contributed by atoms with van der Waals surface area (Å²) in [5, 5.41) is 0.649. The number of ether oxygens (including phenoxy) is 3. The maximum Gasteiger partial charge on any atom is 0.338 e. The number of unbranched alkanes of at least 4 members (excludes halogenated alkanes) is 1. The lowest BCUT2D eigenvalue weighted by Gasteiger charge is -2.08. The van der Waals surface area contributed by atoms with Crippen molar-refractivity contribution in [2.75, 3.05) is 19.8 Å². The molecule has 0 aliphatic heterocycles.